The zero-order valence-electron chi connectivity index (χ0n) is 13.3. The molecule has 2 aromatic carbocycles. The highest BCUT2D eigenvalue weighted by molar-refractivity contribution is 5.88. The molecule has 0 aliphatic carbocycles. The lowest BCUT2D eigenvalue weighted by atomic mass is 10.1. The molecule has 7 heteroatoms. The molecule has 0 saturated heterocycles. The molecule has 3 rings (SSSR count). The second kappa shape index (κ2) is 7.14. The summed E-state index contributed by atoms with van der Waals surface area (Å²) >= 11 is 0. The number of aromatic nitrogens is 1. The number of hydrogen-bond donors (Lipinski definition) is 2. The zero-order valence-corrected chi connectivity index (χ0v) is 13.3. The van der Waals surface area contributed by atoms with Crippen molar-refractivity contribution in [1.29, 1.82) is 5.41 Å². The predicted molar refractivity (Wildman–Crippen MR) is 92.4 cm³/mol. The van der Waals surface area contributed by atoms with Crippen molar-refractivity contribution in [3.05, 3.63) is 76.4 Å². The predicted octanol–water partition coefficient (Wildman–Crippen LogP) is 2.47. The summed E-state index contributed by atoms with van der Waals surface area (Å²) in [6, 6.07) is 16.2. The Bertz CT molecular complexity index is 962. The molecule has 0 radical (unpaired) electrons. The Hall–Kier alpha value is -3.19. The van der Waals surface area contributed by atoms with E-state index < -0.39 is 11.0 Å². The van der Waals surface area contributed by atoms with Gasteiger partial charge in [-0.15, -0.1) is 0 Å². The number of fused-ring (bicyclic) bond motifs is 1. The van der Waals surface area contributed by atoms with Gasteiger partial charge < -0.3 is 14.4 Å². The average molecular weight is 339 g/mol. The summed E-state index contributed by atoms with van der Waals surface area (Å²) in [6.07, 6.45) is 0.617. The Morgan fingerprint density at radius 1 is 1.16 bits per heavy atom. The lowest BCUT2D eigenvalue weighted by Gasteiger charge is -2.15. The van der Waals surface area contributed by atoms with Gasteiger partial charge in [-0.3, -0.25) is 15.5 Å². The molecule has 0 fully saturated rings. The summed E-state index contributed by atoms with van der Waals surface area (Å²) < 4.78 is 7.04. The first-order chi connectivity index (χ1) is 12.1. The molecule has 0 amide bonds. The first-order valence-corrected chi connectivity index (χ1v) is 7.73. The van der Waals surface area contributed by atoms with Crippen molar-refractivity contribution in [1.82, 2.24) is 4.57 Å². The van der Waals surface area contributed by atoms with Gasteiger partial charge in [0.05, 0.1) is 11.5 Å². The van der Waals surface area contributed by atoms with Gasteiger partial charge in [-0.2, -0.15) is 0 Å². The van der Waals surface area contributed by atoms with Crippen LogP contribution in [0.1, 0.15) is 0 Å². The van der Waals surface area contributed by atoms with Gasteiger partial charge >= 0.3 is 5.69 Å². The summed E-state index contributed by atoms with van der Waals surface area (Å²) in [5.41, 5.74) is -0.554. The number of ether oxygens (including phenoxy) is 1. The van der Waals surface area contributed by atoms with E-state index in [0.717, 1.165) is 10.8 Å². The molecule has 1 aromatic heterocycles. The third-order valence-corrected chi connectivity index (χ3v) is 3.83. The Kier molecular flexibility index (Phi) is 4.76. The summed E-state index contributed by atoms with van der Waals surface area (Å²) in [7, 11) is 0. The molecule has 0 bridgehead atoms. The van der Waals surface area contributed by atoms with Crippen molar-refractivity contribution < 1.29 is 14.8 Å². The molecule has 25 heavy (non-hydrogen) atoms. The highest BCUT2D eigenvalue weighted by Crippen LogP contribution is 2.25. The highest BCUT2D eigenvalue weighted by atomic mass is 16.6. The summed E-state index contributed by atoms with van der Waals surface area (Å²) in [6.45, 7) is 0.0500. The molecule has 3 aromatic rings. The van der Waals surface area contributed by atoms with Crippen LogP contribution in [0, 0.1) is 15.5 Å². The average Bonchev–Trinajstić information content (AvgIpc) is 2.61. The molecule has 0 spiro atoms. The fraction of sp³-hybridized carbons (Fsp3) is 0.167. The van der Waals surface area contributed by atoms with E-state index in [-0.39, 0.29) is 24.3 Å². The van der Waals surface area contributed by atoms with Gasteiger partial charge in [0.1, 0.15) is 18.5 Å². The zero-order chi connectivity index (χ0) is 17.8. The summed E-state index contributed by atoms with van der Waals surface area (Å²) in [4.78, 5) is 10.3. The van der Waals surface area contributed by atoms with Crippen molar-refractivity contribution in [3.63, 3.8) is 0 Å². The first-order valence-electron chi connectivity index (χ1n) is 7.73. The van der Waals surface area contributed by atoms with E-state index in [0.29, 0.717) is 5.75 Å². The van der Waals surface area contributed by atoms with Gasteiger partial charge in [-0.05, 0) is 17.5 Å². The van der Waals surface area contributed by atoms with E-state index in [1.165, 1.54) is 22.9 Å². The molecular weight excluding hydrogens is 322 g/mol. The SMILES string of the molecule is N=c1c([N+](=O)[O-])cccn1CC(O)COc1cccc2ccccc12. The van der Waals surface area contributed by atoms with Crippen LogP contribution in [0.2, 0.25) is 0 Å². The summed E-state index contributed by atoms with van der Waals surface area (Å²) in [5.74, 6) is 0.660. The fourth-order valence-electron chi connectivity index (χ4n) is 2.63. The van der Waals surface area contributed by atoms with Gasteiger partial charge in [0, 0.05) is 17.6 Å². The molecule has 0 saturated carbocycles. The molecule has 7 nitrogen and oxygen atoms in total. The minimum atomic E-state index is -0.907. The number of rotatable bonds is 6. The van der Waals surface area contributed by atoms with E-state index >= 15 is 0 Å². The molecule has 1 heterocycles. The maximum atomic E-state index is 10.9. The second-order valence-electron chi connectivity index (χ2n) is 5.59. The van der Waals surface area contributed by atoms with Gasteiger partial charge in [0.25, 0.3) is 0 Å². The normalized spacial score (nSPS) is 12.0. The van der Waals surface area contributed by atoms with Crippen molar-refractivity contribution in [2.45, 2.75) is 12.6 Å². The Morgan fingerprint density at radius 3 is 2.72 bits per heavy atom. The van der Waals surface area contributed by atoms with E-state index in [1.54, 1.807) is 0 Å². The molecule has 0 aliphatic rings. The molecule has 2 N–H and O–H groups in total. The van der Waals surface area contributed by atoms with Gasteiger partial charge in [-0.1, -0.05) is 36.4 Å². The molecular formula is C18H17N3O4. The number of nitrogens with zero attached hydrogens (tertiary/aromatic N) is 2. The first kappa shape index (κ1) is 16.7. The number of nitrogens with one attached hydrogen (secondary N) is 1. The minimum Gasteiger partial charge on any atom is -0.490 e. The smallest absolute Gasteiger partial charge is 0.311 e. The van der Waals surface area contributed by atoms with Crippen LogP contribution in [-0.4, -0.2) is 27.3 Å². The maximum Gasteiger partial charge on any atom is 0.311 e. The number of nitro groups is 1. The van der Waals surface area contributed by atoms with E-state index in [2.05, 4.69) is 0 Å². The Labute approximate surface area is 143 Å². The topological polar surface area (TPSA) is 101 Å². The molecule has 128 valence electrons. The third-order valence-electron chi connectivity index (χ3n) is 3.83. The molecule has 0 aliphatic heterocycles. The van der Waals surface area contributed by atoms with Crippen LogP contribution < -0.4 is 10.2 Å². The third kappa shape index (κ3) is 3.67. The van der Waals surface area contributed by atoms with E-state index in [9.17, 15) is 15.2 Å². The van der Waals surface area contributed by atoms with E-state index in [4.69, 9.17) is 10.1 Å². The number of hydrogen-bond acceptors (Lipinski definition) is 5. The largest absolute Gasteiger partial charge is 0.490 e. The highest BCUT2D eigenvalue weighted by Gasteiger charge is 2.13. The molecule has 1 atom stereocenters. The standard InChI is InChI=1S/C18H17N3O4/c19-18-16(21(23)24)8-4-10-20(18)11-14(22)12-25-17-9-3-6-13-5-1-2-7-15(13)17/h1-10,14,19,22H,11-12H2. The van der Waals surface area contributed by atoms with Gasteiger partial charge in [-0.25, -0.2) is 0 Å². The van der Waals surface area contributed by atoms with Crippen LogP contribution in [0.25, 0.3) is 10.8 Å². The quantitative estimate of drug-likeness (QED) is 0.532. The minimum absolute atomic E-state index is 0.0170. The van der Waals surface area contributed by atoms with Gasteiger partial charge in [0.2, 0.25) is 5.49 Å². The monoisotopic (exact) mass is 339 g/mol. The fourth-order valence-corrected chi connectivity index (χ4v) is 2.63. The Morgan fingerprint density at radius 2 is 1.92 bits per heavy atom. The Balaban J connectivity index is 1.71. The maximum absolute atomic E-state index is 10.9. The van der Waals surface area contributed by atoms with Crippen LogP contribution in [0.5, 0.6) is 5.75 Å². The van der Waals surface area contributed by atoms with Crippen LogP contribution in [0.15, 0.2) is 60.8 Å². The van der Waals surface area contributed by atoms with Crippen molar-refractivity contribution in [2.24, 2.45) is 0 Å². The van der Waals surface area contributed by atoms with Crippen LogP contribution in [0.4, 0.5) is 5.69 Å². The number of aliphatic hydroxyl groups excluding tert-OH is 1. The van der Waals surface area contributed by atoms with E-state index in [1.807, 2.05) is 42.5 Å². The van der Waals surface area contributed by atoms with Crippen LogP contribution in [-0.2, 0) is 6.54 Å². The number of aliphatic hydroxyl groups is 1. The lowest BCUT2D eigenvalue weighted by Crippen LogP contribution is -2.30. The van der Waals surface area contributed by atoms with Crippen molar-refractivity contribution >= 4 is 16.5 Å². The van der Waals surface area contributed by atoms with Crippen molar-refractivity contribution in [3.8, 4) is 5.75 Å². The summed E-state index contributed by atoms with van der Waals surface area (Å²) in [5, 5.41) is 30.9. The lowest BCUT2D eigenvalue weighted by molar-refractivity contribution is -0.386. The van der Waals surface area contributed by atoms with Gasteiger partial charge in [0.15, 0.2) is 0 Å². The number of pyridine rings is 1. The van der Waals surface area contributed by atoms with Crippen LogP contribution in [0.3, 0.4) is 0 Å². The molecule has 1 unspecified atom stereocenters. The van der Waals surface area contributed by atoms with Crippen molar-refractivity contribution in [2.75, 3.05) is 6.61 Å². The van der Waals surface area contributed by atoms with Crippen LogP contribution >= 0.6 is 0 Å². The second-order valence-corrected chi connectivity index (χ2v) is 5.59. The number of benzene rings is 2.